The summed E-state index contributed by atoms with van der Waals surface area (Å²) >= 11 is 2.28. The zero-order valence-corrected chi connectivity index (χ0v) is 10.3. The molecule has 1 amide bonds. The van der Waals surface area contributed by atoms with Crippen LogP contribution in [0.15, 0.2) is 18.5 Å². The molecule has 1 rings (SSSR count). The molecule has 0 spiro atoms. The van der Waals surface area contributed by atoms with E-state index >= 15 is 0 Å². The van der Waals surface area contributed by atoms with E-state index in [2.05, 4.69) is 32.9 Å². The van der Waals surface area contributed by atoms with Crippen molar-refractivity contribution in [3.63, 3.8) is 0 Å². The first-order valence-corrected chi connectivity index (χ1v) is 6.22. The predicted molar refractivity (Wildman–Crippen MR) is 64.6 cm³/mol. The summed E-state index contributed by atoms with van der Waals surface area (Å²) in [5.41, 5.74) is 0.0551. The van der Waals surface area contributed by atoms with E-state index < -0.39 is 5.82 Å². The monoisotopic (exact) mass is 322 g/mol. The average molecular weight is 322 g/mol. The largest absolute Gasteiger partial charge is 0.352 e. The molecule has 0 saturated carbocycles. The molecule has 0 aliphatic rings. The zero-order valence-electron chi connectivity index (χ0n) is 8.17. The summed E-state index contributed by atoms with van der Waals surface area (Å²) in [4.78, 5) is 15.0. The lowest BCUT2D eigenvalue weighted by Crippen LogP contribution is -2.25. The van der Waals surface area contributed by atoms with Gasteiger partial charge in [0.15, 0.2) is 5.82 Å². The van der Waals surface area contributed by atoms with Crippen LogP contribution >= 0.6 is 22.6 Å². The van der Waals surface area contributed by atoms with Crippen molar-refractivity contribution < 1.29 is 9.18 Å². The number of carbonyl (C=O) groups is 1. The molecule has 5 heteroatoms. The first-order valence-electron chi connectivity index (χ1n) is 4.69. The molecular formula is C10H12FIN2O. The Morgan fingerprint density at radius 1 is 1.53 bits per heavy atom. The van der Waals surface area contributed by atoms with Crippen molar-refractivity contribution in [1.82, 2.24) is 10.3 Å². The summed E-state index contributed by atoms with van der Waals surface area (Å²) in [6, 6.07) is 1.38. The number of nitrogens with zero attached hydrogens (tertiary/aromatic N) is 1. The minimum Gasteiger partial charge on any atom is -0.352 e. The number of alkyl halides is 1. The molecule has 0 saturated heterocycles. The highest BCUT2D eigenvalue weighted by atomic mass is 127. The molecule has 0 aromatic carbocycles. The number of unbranched alkanes of at least 4 members (excludes halogenated alkanes) is 1. The van der Waals surface area contributed by atoms with Gasteiger partial charge in [0.1, 0.15) is 0 Å². The van der Waals surface area contributed by atoms with E-state index in [1.54, 1.807) is 0 Å². The first-order chi connectivity index (χ1) is 7.25. The molecule has 0 radical (unpaired) electrons. The van der Waals surface area contributed by atoms with Crippen molar-refractivity contribution in [2.75, 3.05) is 11.0 Å². The fourth-order valence-electron chi connectivity index (χ4n) is 1.08. The average Bonchev–Trinajstić information content (AvgIpc) is 2.25. The molecule has 0 unspecified atom stereocenters. The minimum absolute atomic E-state index is 0.0551. The second kappa shape index (κ2) is 6.71. The Labute approximate surface area is 102 Å². The summed E-state index contributed by atoms with van der Waals surface area (Å²) in [5, 5.41) is 2.66. The van der Waals surface area contributed by atoms with Crippen molar-refractivity contribution in [3.8, 4) is 0 Å². The van der Waals surface area contributed by atoms with Gasteiger partial charge in [0.2, 0.25) is 0 Å². The Bertz CT molecular complexity index is 333. The van der Waals surface area contributed by atoms with Crippen LogP contribution in [0, 0.1) is 5.82 Å². The lowest BCUT2D eigenvalue weighted by atomic mass is 10.2. The number of amides is 1. The number of hydrogen-bond acceptors (Lipinski definition) is 2. The van der Waals surface area contributed by atoms with Crippen molar-refractivity contribution in [3.05, 3.63) is 29.8 Å². The van der Waals surface area contributed by atoms with Crippen LogP contribution in [0.2, 0.25) is 0 Å². The summed E-state index contributed by atoms with van der Waals surface area (Å²) in [7, 11) is 0. The lowest BCUT2D eigenvalue weighted by Gasteiger charge is -2.04. The highest BCUT2D eigenvalue weighted by Gasteiger charge is 2.09. The van der Waals surface area contributed by atoms with Gasteiger partial charge in [-0.3, -0.25) is 9.78 Å². The molecule has 82 valence electrons. The standard InChI is InChI=1S/C10H12FIN2O/c11-9-7-13-6-3-8(9)10(15)14-5-2-1-4-12/h3,6-7H,1-2,4-5H2,(H,14,15). The molecule has 15 heavy (non-hydrogen) atoms. The van der Waals surface area contributed by atoms with Gasteiger partial charge in [-0.1, -0.05) is 22.6 Å². The van der Waals surface area contributed by atoms with Crippen molar-refractivity contribution in [1.29, 1.82) is 0 Å². The maximum atomic E-state index is 13.1. The molecule has 1 heterocycles. The molecule has 1 aromatic rings. The van der Waals surface area contributed by atoms with Crippen LogP contribution in [0.1, 0.15) is 23.2 Å². The van der Waals surface area contributed by atoms with Gasteiger partial charge in [0.05, 0.1) is 11.8 Å². The number of rotatable bonds is 5. The Morgan fingerprint density at radius 3 is 3.00 bits per heavy atom. The molecule has 0 aliphatic carbocycles. The normalized spacial score (nSPS) is 10.0. The van der Waals surface area contributed by atoms with Crippen LogP contribution in [0.4, 0.5) is 4.39 Å². The van der Waals surface area contributed by atoms with Crippen LogP contribution in [0.25, 0.3) is 0 Å². The fraction of sp³-hybridized carbons (Fsp3) is 0.400. The van der Waals surface area contributed by atoms with Crippen LogP contribution in [-0.4, -0.2) is 21.9 Å². The van der Waals surface area contributed by atoms with Gasteiger partial charge in [0, 0.05) is 12.7 Å². The first kappa shape index (κ1) is 12.4. The highest BCUT2D eigenvalue weighted by molar-refractivity contribution is 14.1. The topological polar surface area (TPSA) is 42.0 Å². The summed E-state index contributed by atoms with van der Waals surface area (Å²) in [6.45, 7) is 0.587. The molecule has 1 N–H and O–H groups in total. The van der Waals surface area contributed by atoms with Crippen molar-refractivity contribution in [2.24, 2.45) is 0 Å². The van der Waals surface area contributed by atoms with Gasteiger partial charge in [0.25, 0.3) is 5.91 Å². The van der Waals surface area contributed by atoms with Gasteiger partial charge in [-0.25, -0.2) is 4.39 Å². The van der Waals surface area contributed by atoms with Crippen LogP contribution < -0.4 is 5.32 Å². The fourth-order valence-corrected chi connectivity index (χ4v) is 1.62. The van der Waals surface area contributed by atoms with E-state index in [-0.39, 0.29) is 11.5 Å². The third-order valence-corrected chi connectivity index (χ3v) is 2.63. The smallest absolute Gasteiger partial charge is 0.254 e. The molecule has 0 atom stereocenters. The quantitative estimate of drug-likeness (QED) is 0.513. The Kier molecular flexibility index (Phi) is 5.52. The van der Waals surface area contributed by atoms with E-state index in [0.717, 1.165) is 23.5 Å². The van der Waals surface area contributed by atoms with Gasteiger partial charge in [-0.2, -0.15) is 0 Å². The van der Waals surface area contributed by atoms with Gasteiger partial charge >= 0.3 is 0 Å². The highest BCUT2D eigenvalue weighted by Crippen LogP contribution is 2.03. The maximum absolute atomic E-state index is 13.1. The molecule has 3 nitrogen and oxygen atoms in total. The third kappa shape index (κ3) is 4.11. The molecule has 0 aliphatic heterocycles. The summed E-state index contributed by atoms with van der Waals surface area (Å²) in [5.74, 6) is -0.952. The SMILES string of the molecule is O=C(NCCCCI)c1ccncc1F. The Morgan fingerprint density at radius 2 is 2.33 bits per heavy atom. The number of nitrogens with one attached hydrogen (secondary N) is 1. The Hall–Kier alpha value is -0.720. The summed E-state index contributed by atoms with van der Waals surface area (Å²) < 4.78 is 14.2. The van der Waals surface area contributed by atoms with E-state index in [9.17, 15) is 9.18 Å². The van der Waals surface area contributed by atoms with Gasteiger partial charge in [-0.15, -0.1) is 0 Å². The van der Waals surface area contributed by atoms with Crippen LogP contribution in [-0.2, 0) is 0 Å². The lowest BCUT2D eigenvalue weighted by molar-refractivity contribution is 0.0949. The van der Waals surface area contributed by atoms with Crippen molar-refractivity contribution in [2.45, 2.75) is 12.8 Å². The number of pyridine rings is 1. The van der Waals surface area contributed by atoms with Crippen molar-refractivity contribution >= 4 is 28.5 Å². The predicted octanol–water partition coefficient (Wildman–Crippen LogP) is 2.17. The molecular weight excluding hydrogens is 310 g/mol. The van der Waals surface area contributed by atoms with Gasteiger partial charge in [-0.05, 0) is 23.3 Å². The molecule has 0 fully saturated rings. The summed E-state index contributed by atoms with van der Waals surface area (Å²) in [6.07, 6.45) is 4.42. The van der Waals surface area contributed by atoms with E-state index in [1.165, 1.54) is 12.3 Å². The Balaban J connectivity index is 2.44. The second-order valence-corrected chi connectivity index (χ2v) is 4.09. The maximum Gasteiger partial charge on any atom is 0.254 e. The second-order valence-electron chi connectivity index (χ2n) is 3.01. The van der Waals surface area contributed by atoms with E-state index in [0.29, 0.717) is 6.54 Å². The zero-order chi connectivity index (χ0) is 11.1. The van der Waals surface area contributed by atoms with E-state index in [1.807, 2.05) is 0 Å². The van der Waals surface area contributed by atoms with Gasteiger partial charge < -0.3 is 5.32 Å². The van der Waals surface area contributed by atoms with Crippen LogP contribution in [0.3, 0.4) is 0 Å². The molecule has 1 aromatic heterocycles. The number of hydrogen-bond donors (Lipinski definition) is 1. The number of aromatic nitrogens is 1. The number of halogens is 2. The number of carbonyl (C=O) groups excluding carboxylic acids is 1. The minimum atomic E-state index is -0.580. The molecule has 0 bridgehead atoms. The van der Waals surface area contributed by atoms with Crippen LogP contribution in [0.5, 0.6) is 0 Å². The van der Waals surface area contributed by atoms with E-state index in [4.69, 9.17) is 0 Å². The third-order valence-electron chi connectivity index (χ3n) is 1.86.